The molecule has 0 N–H and O–H groups in total. The highest BCUT2D eigenvalue weighted by Gasteiger charge is 2.64. The third-order valence-corrected chi connectivity index (χ3v) is 3.45. The first-order valence-corrected chi connectivity index (χ1v) is 6.38. The summed E-state index contributed by atoms with van der Waals surface area (Å²) in [6.45, 7) is 2.41. The highest BCUT2D eigenvalue weighted by atomic mass is 35.5. The van der Waals surface area contributed by atoms with Crippen LogP contribution in [-0.4, -0.2) is 29.5 Å². The smallest absolute Gasteiger partial charge is 0.328 e. The van der Waals surface area contributed by atoms with Crippen LogP contribution in [0.5, 0.6) is 0 Å². The second-order valence-electron chi connectivity index (χ2n) is 3.75. The Labute approximate surface area is 120 Å². The largest absolute Gasteiger partial charge is 0.463 e. The average Bonchev–Trinajstić information content (AvgIpc) is 2.72. The van der Waals surface area contributed by atoms with Crippen molar-refractivity contribution in [3.05, 3.63) is 34.0 Å². The molecule has 1 heterocycles. The number of carbonyl (C=O) groups is 1. The van der Waals surface area contributed by atoms with Gasteiger partial charge in [0.15, 0.2) is 0 Å². The highest BCUT2D eigenvalue weighted by Crippen LogP contribution is 2.37. The molecule has 112 valence electrons. The molecule has 1 aromatic heterocycles. The lowest BCUT2D eigenvalue weighted by atomic mass is 10.2. The Kier molecular flexibility index (Phi) is 5.15. The van der Waals surface area contributed by atoms with Crippen LogP contribution >= 0.6 is 22.9 Å². The summed E-state index contributed by atoms with van der Waals surface area (Å²) >= 11 is 6.62. The highest BCUT2D eigenvalue weighted by molar-refractivity contribution is 7.16. The molecule has 1 aromatic rings. The van der Waals surface area contributed by atoms with Crippen molar-refractivity contribution >= 4 is 28.8 Å². The number of hydrogen-bond acceptors (Lipinski definition) is 2. The zero-order valence-electron chi connectivity index (χ0n) is 9.88. The lowest BCUT2D eigenvalue weighted by molar-refractivity contribution is -0.274. The van der Waals surface area contributed by atoms with Crippen molar-refractivity contribution < 1.29 is 26.7 Å². The van der Waals surface area contributed by atoms with Crippen molar-refractivity contribution in [3.63, 3.8) is 0 Å². The molecule has 0 fully saturated rings. The van der Waals surface area contributed by atoms with Crippen molar-refractivity contribution in [2.75, 3.05) is 6.54 Å². The maximum atomic E-state index is 13.0. The zero-order valence-corrected chi connectivity index (χ0v) is 11.5. The third kappa shape index (κ3) is 3.69. The van der Waals surface area contributed by atoms with Gasteiger partial charge in [0.25, 0.3) is 0 Å². The van der Waals surface area contributed by atoms with E-state index >= 15 is 0 Å². The van der Waals surface area contributed by atoms with Gasteiger partial charge in [-0.2, -0.15) is 22.0 Å². The lowest BCUT2D eigenvalue weighted by Crippen LogP contribution is -2.51. The molecule has 0 bridgehead atoms. The second kappa shape index (κ2) is 6.09. The Morgan fingerprint density at radius 2 is 1.95 bits per heavy atom. The van der Waals surface area contributed by atoms with Gasteiger partial charge < -0.3 is 4.90 Å². The van der Waals surface area contributed by atoms with E-state index in [4.69, 9.17) is 11.6 Å². The van der Waals surface area contributed by atoms with Gasteiger partial charge in [-0.25, -0.2) is 0 Å². The van der Waals surface area contributed by atoms with Gasteiger partial charge in [0.05, 0.1) is 10.9 Å². The summed E-state index contributed by atoms with van der Waals surface area (Å²) in [4.78, 5) is 12.2. The summed E-state index contributed by atoms with van der Waals surface area (Å²) < 4.78 is 63.0. The van der Waals surface area contributed by atoms with Crippen molar-refractivity contribution in [2.45, 2.75) is 18.6 Å². The summed E-state index contributed by atoms with van der Waals surface area (Å²) in [5.74, 6) is -7.74. The first kappa shape index (κ1) is 16.9. The number of amides is 1. The van der Waals surface area contributed by atoms with E-state index in [1.54, 1.807) is 0 Å². The lowest BCUT2D eigenvalue weighted by Gasteiger charge is -2.26. The molecule has 0 spiro atoms. The maximum absolute atomic E-state index is 13.0. The molecule has 0 saturated carbocycles. The van der Waals surface area contributed by atoms with Crippen LogP contribution in [0, 0.1) is 0 Å². The Morgan fingerprint density at radius 1 is 1.35 bits per heavy atom. The molecule has 0 aromatic carbocycles. The van der Waals surface area contributed by atoms with Crippen LogP contribution in [0.2, 0.25) is 4.34 Å². The summed E-state index contributed by atoms with van der Waals surface area (Å²) in [6, 6.07) is 2.90. The number of nitrogens with zero attached hydrogens (tertiary/aromatic N) is 1. The van der Waals surface area contributed by atoms with Gasteiger partial charge in [-0.1, -0.05) is 17.7 Å². The number of alkyl halides is 5. The molecule has 0 unspecified atom stereocenters. The predicted molar refractivity (Wildman–Crippen MR) is 65.9 cm³/mol. The Hall–Kier alpha value is -1.15. The maximum Gasteiger partial charge on any atom is 0.463 e. The summed E-state index contributed by atoms with van der Waals surface area (Å²) in [5.41, 5.74) is 0. The fourth-order valence-electron chi connectivity index (χ4n) is 1.32. The van der Waals surface area contributed by atoms with Gasteiger partial charge in [0.2, 0.25) is 0 Å². The molecule has 0 atom stereocenters. The normalized spacial score (nSPS) is 12.3. The Balaban J connectivity index is 2.96. The van der Waals surface area contributed by atoms with E-state index in [1.807, 2.05) is 0 Å². The van der Waals surface area contributed by atoms with Crippen molar-refractivity contribution in [3.8, 4) is 0 Å². The van der Waals surface area contributed by atoms with E-state index in [9.17, 15) is 26.7 Å². The van der Waals surface area contributed by atoms with Crippen LogP contribution in [0.15, 0.2) is 24.8 Å². The molecule has 0 aliphatic rings. The molecule has 20 heavy (non-hydrogen) atoms. The van der Waals surface area contributed by atoms with Crippen LogP contribution in [0.1, 0.15) is 4.88 Å². The summed E-state index contributed by atoms with van der Waals surface area (Å²) in [6.07, 6.45) is -4.86. The van der Waals surface area contributed by atoms with E-state index in [0.29, 0.717) is 14.1 Å². The van der Waals surface area contributed by atoms with Crippen LogP contribution in [0.4, 0.5) is 22.0 Å². The van der Waals surface area contributed by atoms with E-state index in [2.05, 4.69) is 6.58 Å². The molecular weight excluding hydrogens is 325 g/mol. The van der Waals surface area contributed by atoms with Crippen LogP contribution < -0.4 is 0 Å². The number of thiophene rings is 1. The molecule has 9 heteroatoms. The van der Waals surface area contributed by atoms with Gasteiger partial charge in [-0.05, 0) is 12.1 Å². The minimum atomic E-state index is -5.93. The number of halogens is 6. The van der Waals surface area contributed by atoms with Crippen LogP contribution in [0.25, 0.3) is 0 Å². The zero-order chi connectivity index (χ0) is 15.6. The predicted octanol–water partition coefficient (Wildman–Crippen LogP) is 4.11. The molecule has 0 aliphatic heterocycles. The van der Waals surface area contributed by atoms with Gasteiger partial charge in [-0.3, -0.25) is 4.79 Å². The molecule has 0 radical (unpaired) electrons. The number of carbonyl (C=O) groups excluding carboxylic acids is 1. The Morgan fingerprint density at radius 3 is 2.35 bits per heavy atom. The minimum Gasteiger partial charge on any atom is -0.328 e. The third-order valence-electron chi connectivity index (χ3n) is 2.24. The van der Waals surface area contributed by atoms with Crippen LogP contribution in [0.3, 0.4) is 0 Å². The van der Waals surface area contributed by atoms with Crippen molar-refractivity contribution in [1.82, 2.24) is 4.90 Å². The van der Waals surface area contributed by atoms with E-state index in [1.165, 1.54) is 12.1 Å². The van der Waals surface area contributed by atoms with Gasteiger partial charge in [-0.15, -0.1) is 17.9 Å². The number of hydrogen-bond donors (Lipinski definition) is 0. The SMILES string of the molecule is C=CCN(Cc1ccc(Cl)s1)C(=O)C(F)(F)C(F)(F)F. The summed E-state index contributed by atoms with van der Waals surface area (Å²) in [7, 11) is 0. The monoisotopic (exact) mass is 333 g/mol. The van der Waals surface area contributed by atoms with Gasteiger partial charge in [0.1, 0.15) is 0 Å². The minimum absolute atomic E-state index is 0.341. The van der Waals surface area contributed by atoms with Gasteiger partial charge in [0, 0.05) is 11.4 Å². The van der Waals surface area contributed by atoms with E-state index < -0.39 is 31.1 Å². The molecule has 1 rings (SSSR count). The summed E-state index contributed by atoms with van der Waals surface area (Å²) in [5, 5.41) is 0. The topological polar surface area (TPSA) is 20.3 Å². The first-order valence-electron chi connectivity index (χ1n) is 5.18. The fraction of sp³-hybridized carbons (Fsp3) is 0.364. The van der Waals surface area contributed by atoms with E-state index in [-0.39, 0.29) is 0 Å². The van der Waals surface area contributed by atoms with Gasteiger partial charge >= 0.3 is 18.0 Å². The molecule has 2 nitrogen and oxygen atoms in total. The Bertz CT molecular complexity index is 499. The first-order chi connectivity index (χ1) is 9.09. The molecule has 0 saturated heterocycles. The second-order valence-corrected chi connectivity index (χ2v) is 5.55. The fourth-order valence-corrected chi connectivity index (χ4v) is 2.42. The number of rotatable bonds is 5. The quantitative estimate of drug-likeness (QED) is 0.586. The molecule has 0 aliphatic carbocycles. The van der Waals surface area contributed by atoms with Crippen molar-refractivity contribution in [2.24, 2.45) is 0 Å². The molecule has 1 amide bonds. The standard InChI is InChI=1S/C11H9ClF5NOS/c1-2-5-18(6-7-3-4-8(12)20-7)9(19)10(13,14)11(15,16)17/h2-4H,1,5-6H2. The molecular formula is C11H9ClF5NOS. The van der Waals surface area contributed by atoms with Crippen LogP contribution in [-0.2, 0) is 11.3 Å². The average molecular weight is 334 g/mol. The van der Waals surface area contributed by atoms with E-state index in [0.717, 1.165) is 17.4 Å². The van der Waals surface area contributed by atoms with Crippen molar-refractivity contribution in [1.29, 1.82) is 0 Å².